The zero-order valence-corrected chi connectivity index (χ0v) is 19.0. The van der Waals surface area contributed by atoms with Gasteiger partial charge in [-0.05, 0) is 64.0 Å². The number of nitrogens with one attached hydrogen (secondary N) is 2. The van der Waals surface area contributed by atoms with Crippen LogP contribution < -0.4 is 5.32 Å². The van der Waals surface area contributed by atoms with Gasteiger partial charge in [-0.3, -0.25) is 0 Å². The van der Waals surface area contributed by atoms with Gasteiger partial charge < -0.3 is 15.0 Å². The smallest absolute Gasteiger partial charge is 0.337 e. The van der Waals surface area contributed by atoms with E-state index in [4.69, 9.17) is 9.72 Å². The average Bonchev–Trinajstić information content (AvgIpc) is 3.51. The number of hydrogen-bond donors (Lipinski definition) is 2. The SMILES string of the molecule is COC(=O)c1cccc(CNCc2cccc(-c3csc(-c4nc5ccccc5[nH]4)c3)c2)c1. The number of rotatable bonds is 7. The standard InChI is InChI=1S/C27H23N3O2S/c1-32-27(31)21-9-5-7-19(13-21)16-28-15-18-6-4-8-20(12-18)22-14-25(33-17-22)26-29-23-10-2-3-11-24(23)30-26/h2-14,17,28H,15-16H2,1H3,(H,29,30). The minimum atomic E-state index is -0.317. The number of nitrogens with zero attached hydrogens (tertiary/aromatic N) is 1. The largest absolute Gasteiger partial charge is 0.465 e. The lowest BCUT2D eigenvalue weighted by Crippen LogP contribution is -2.13. The summed E-state index contributed by atoms with van der Waals surface area (Å²) in [6.45, 7) is 1.40. The van der Waals surface area contributed by atoms with Crippen LogP contribution in [0.5, 0.6) is 0 Å². The van der Waals surface area contributed by atoms with Crippen LogP contribution in [0.25, 0.3) is 32.9 Å². The van der Waals surface area contributed by atoms with E-state index < -0.39 is 0 Å². The Bertz CT molecular complexity index is 1390. The highest BCUT2D eigenvalue weighted by Gasteiger charge is 2.10. The lowest BCUT2D eigenvalue weighted by atomic mass is 10.1. The number of ether oxygens (including phenoxy) is 1. The quantitative estimate of drug-likeness (QED) is 0.295. The summed E-state index contributed by atoms with van der Waals surface area (Å²) >= 11 is 1.69. The lowest BCUT2D eigenvalue weighted by molar-refractivity contribution is 0.0600. The van der Waals surface area contributed by atoms with Gasteiger partial charge in [-0.1, -0.05) is 42.5 Å². The summed E-state index contributed by atoms with van der Waals surface area (Å²) in [6, 6.07) is 26.3. The molecule has 5 rings (SSSR count). The molecule has 0 saturated carbocycles. The molecule has 0 bridgehead atoms. The molecular weight excluding hydrogens is 430 g/mol. The van der Waals surface area contributed by atoms with Crippen molar-refractivity contribution in [3.63, 3.8) is 0 Å². The van der Waals surface area contributed by atoms with Gasteiger partial charge in [0.1, 0.15) is 5.82 Å². The summed E-state index contributed by atoms with van der Waals surface area (Å²) < 4.78 is 4.80. The normalized spacial score (nSPS) is 11.1. The summed E-state index contributed by atoms with van der Waals surface area (Å²) in [5, 5.41) is 5.64. The lowest BCUT2D eigenvalue weighted by Gasteiger charge is -2.08. The first-order valence-electron chi connectivity index (χ1n) is 10.7. The molecule has 5 nitrogen and oxygen atoms in total. The molecule has 0 unspecified atom stereocenters. The van der Waals surface area contributed by atoms with Crippen molar-refractivity contribution < 1.29 is 9.53 Å². The molecule has 0 aliphatic rings. The number of methoxy groups -OCH3 is 1. The number of hydrogen-bond acceptors (Lipinski definition) is 5. The van der Waals surface area contributed by atoms with Crippen LogP contribution in [-0.2, 0) is 17.8 Å². The average molecular weight is 454 g/mol. The first kappa shape index (κ1) is 21.1. The first-order valence-corrected chi connectivity index (χ1v) is 11.6. The van der Waals surface area contributed by atoms with E-state index >= 15 is 0 Å². The minimum absolute atomic E-state index is 0.317. The number of para-hydroxylation sites is 2. The highest BCUT2D eigenvalue weighted by molar-refractivity contribution is 7.13. The predicted octanol–water partition coefficient (Wildman–Crippen LogP) is 6.03. The number of imidazole rings is 1. The van der Waals surface area contributed by atoms with Crippen LogP contribution >= 0.6 is 11.3 Å². The zero-order chi connectivity index (χ0) is 22.6. The zero-order valence-electron chi connectivity index (χ0n) is 18.2. The van der Waals surface area contributed by atoms with Gasteiger partial charge in [0.25, 0.3) is 0 Å². The third kappa shape index (κ3) is 4.72. The van der Waals surface area contributed by atoms with Crippen LogP contribution in [0.2, 0.25) is 0 Å². The summed E-state index contributed by atoms with van der Waals surface area (Å²) in [4.78, 5) is 21.0. The first-order chi connectivity index (χ1) is 16.2. The molecule has 0 spiro atoms. The summed E-state index contributed by atoms with van der Waals surface area (Å²) in [7, 11) is 1.40. The molecule has 0 amide bonds. The Hall–Kier alpha value is -3.74. The molecule has 164 valence electrons. The molecule has 0 radical (unpaired) electrons. The fourth-order valence-electron chi connectivity index (χ4n) is 3.82. The maximum absolute atomic E-state index is 11.7. The van der Waals surface area contributed by atoms with Gasteiger partial charge in [-0.15, -0.1) is 11.3 Å². The van der Waals surface area contributed by atoms with Crippen molar-refractivity contribution >= 4 is 28.3 Å². The number of esters is 1. The van der Waals surface area contributed by atoms with Gasteiger partial charge in [0, 0.05) is 13.1 Å². The Kier molecular flexibility index (Phi) is 6.02. The van der Waals surface area contributed by atoms with Crippen molar-refractivity contribution in [3.8, 4) is 21.8 Å². The van der Waals surface area contributed by atoms with E-state index in [9.17, 15) is 4.79 Å². The van der Waals surface area contributed by atoms with E-state index in [-0.39, 0.29) is 5.97 Å². The van der Waals surface area contributed by atoms with Crippen molar-refractivity contribution in [2.75, 3.05) is 7.11 Å². The fourth-order valence-corrected chi connectivity index (χ4v) is 4.68. The van der Waals surface area contributed by atoms with E-state index in [1.54, 1.807) is 17.4 Å². The van der Waals surface area contributed by atoms with Crippen LogP contribution in [0.1, 0.15) is 21.5 Å². The maximum Gasteiger partial charge on any atom is 0.337 e. The van der Waals surface area contributed by atoms with Gasteiger partial charge in [-0.25, -0.2) is 9.78 Å². The van der Waals surface area contributed by atoms with Crippen LogP contribution in [0, 0.1) is 0 Å². The Morgan fingerprint density at radius 1 is 0.939 bits per heavy atom. The number of aromatic nitrogens is 2. The van der Waals surface area contributed by atoms with Crippen LogP contribution in [0.3, 0.4) is 0 Å². The molecule has 0 saturated heterocycles. The Balaban J connectivity index is 1.27. The summed E-state index contributed by atoms with van der Waals surface area (Å²) in [6.07, 6.45) is 0. The minimum Gasteiger partial charge on any atom is -0.465 e. The number of carbonyl (C=O) groups is 1. The van der Waals surface area contributed by atoms with E-state index in [0.29, 0.717) is 12.1 Å². The van der Waals surface area contributed by atoms with Crippen LogP contribution in [0.15, 0.2) is 84.2 Å². The van der Waals surface area contributed by atoms with Crippen LogP contribution in [-0.4, -0.2) is 23.0 Å². The highest BCUT2D eigenvalue weighted by Crippen LogP contribution is 2.32. The molecule has 0 aliphatic heterocycles. The van der Waals surface area contributed by atoms with Gasteiger partial charge in [0.05, 0.1) is 28.6 Å². The molecule has 6 heteroatoms. The Morgan fingerprint density at radius 2 is 1.73 bits per heavy atom. The molecule has 2 N–H and O–H groups in total. The maximum atomic E-state index is 11.7. The van der Waals surface area contributed by atoms with E-state index in [2.05, 4.69) is 46.0 Å². The third-order valence-electron chi connectivity index (χ3n) is 5.49. The summed E-state index contributed by atoms with van der Waals surface area (Å²) in [5.41, 5.74) is 7.20. The number of H-pyrrole nitrogens is 1. The second-order valence-corrected chi connectivity index (χ2v) is 8.71. The second-order valence-electron chi connectivity index (χ2n) is 7.80. The Morgan fingerprint density at radius 3 is 2.55 bits per heavy atom. The third-order valence-corrected chi connectivity index (χ3v) is 6.43. The van der Waals surface area contributed by atoms with Gasteiger partial charge in [0.2, 0.25) is 0 Å². The number of carbonyl (C=O) groups excluding carboxylic acids is 1. The molecule has 0 fully saturated rings. The van der Waals surface area contributed by atoms with E-state index in [0.717, 1.165) is 33.8 Å². The number of benzene rings is 3. The highest BCUT2D eigenvalue weighted by atomic mass is 32.1. The molecule has 2 aromatic heterocycles. The monoisotopic (exact) mass is 453 g/mol. The second kappa shape index (κ2) is 9.40. The molecule has 2 heterocycles. The molecule has 5 aromatic rings. The van der Waals surface area contributed by atoms with Gasteiger partial charge in [-0.2, -0.15) is 0 Å². The molecule has 0 aliphatic carbocycles. The van der Waals surface area contributed by atoms with Gasteiger partial charge in [0.15, 0.2) is 0 Å². The van der Waals surface area contributed by atoms with Crippen molar-refractivity contribution in [3.05, 3.63) is 101 Å². The molecule has 0 atom stereocenters. The van der Waals surface area contributed by atoms with Crippen molar-refractivity contribution in [2.45, 2.75) is 13.1 Å². The van der Waals surface area contributed by atoms with Crippen LogP contribution in [0.4, 0.5) is 0 Å². The number of fused-ring (bicyclic) bond motifs is 1. The molecule has 3 aromatic carbocycles. The van der Waals surface area contributed by atoms with Crippen molar-refractivity contribution in [2.24, 2.45) is 0 Å². The predicted molar refractivity (Wildman–Crippen MR) is 133 cm³/mol. The molecule has 33 heavy (non-hydrogen) atoms. The Labute approximate surface area is 196 Å². The van der Waals surface area contributed by atoms with Gasteiger partial charge >= 0.3 is 5.97 Å². The van der Waals surface area contributed by atoms with E-state index in [1.807, 2.05) is 42.5 Å². The topological polar surface area (TPSA) is 67.0 Å². The van der Waals surface area contributed by atoms with Crippen molar-refractivity contribution in [1.82, 2.24) is 15.3 Å². The van der Waals surface area contributed by atoms with E-state index in [1.165, 1.54) is 23.8 Å². The fraction of sp³-hybridized carbons (Fsp3) is 0.111. The summed E-state index contributed by atoms with van der Waals surface area (Å²) in [5.74, 6) is 0.585. The number of aromatic amines is 1. The van der Waals surface area contributed by atoms with Crippen molar-refractivity contribution in [1.29, 1.82) is 0 Å². The number of thiophene rings is 1. The molecular formula is C27H23N3O2S.